The Morgan fingerprint density at radius 2 is 1.90 bits per heavy atom. The van der Waals surface area contributed by atoms with Gasteiger partial charge in [-0.2, -0.15) is 0 Å². The summed E-state index contributed by atoms with van der Waals surface area (Å²) in [5.41, 5.74) is 0.563. The minimum atomic E-state index is -0.656. The molecule has 0 unspecified atom stereocenters. The van der Waals surface area contributed by atoms with Gasteiger partial charge >= 0.3 is 0 Å². The van der Waals surface area contributed by atoms with Crippen molar-refractivity contribution < 1.29 is 24.0 Å². The Kier molecular flexibility index (Phi) is 7.33. The second-order valence-corrected chi connectivity index (χ2v) is 6.25. The third-order valence-corrected chi connectivity index (χ3v) is 4.09. The van der Waals surface area contributed by atoms with Crippen LogP contribution in [-0.4, -0.2) is 30.3 Å². The molecule has 0 aromatic heterocycles. The molecule has 0 aliphatic rings. The van der Waals surface area contributed by atoms with E-state index in [0.717, 1.165) is 0 Å². The number of nitro groups is 1. The number of carbonyl (C=O) groups excluding carboxylic acids is 2. The molecule has 9 heteroatoms. The van der Waals surface area contributed by atoms with E-state index in [0.29, 0.717) is 29.4 Å². The van der Waals surface area contributed by atoms with E-state index in [1.54, 1.807) is 19.1 Å². The molecule has 2 aromatic carbocycles. The second-order valence-electron chi connectivity index (χ2n) is 5.84. The highest BCUT2D eigenvalue weighted by Crippen LogP contribution is 2.37. The normalized spacial score (nSPS) is 11.0. The second kappa shape index (κ2) is 9.70. The van der Waals surface area contributed by atoms with Crippen LogP contribution in [0, 0.1) is 10.1 Å². The Morgan fingerprint density at radius 1 is 1.24 bits per heavy atom. The number of nitrogens with one attached hydrogen (secondary N) is 1. The molecule has 29 heavy (non-hydrogen) atoms. The summed E-state index contributed by atoms with van der Waals surface area (Å²) in [5, 5.41) is 13.5. The van der Waals surface area contributed by atoms with Crippen LogP contribution >= 0.6 is 11.6 Å². The molecule has 0 bridgehead atoms. The maximum atomic E-state index is 12.6. The van der Waals surface area contributed by atoms with Crippen molar-refractivity contribution in [1.82, 2.24) is 0 Å². The zero-order valence-corrected chi connectivity index (χ0v) is 16.8. The summed E-state index contributed by atoms with van der Waals surface area (Å²) in [5.74, 6) is -0.386. The molecule has 8 nitrogen and oxygen atoms in total. The van der Waals surface area contributed by atoms with Gasteiger partial charge in [0.15, 0.2) is 17.3 Å². The maximum absolute atomic E-state index is 12.6. The molecule has 0 atom stereocenters. The average Bonchev–Trinajstić information content (AvgIpc) is 2.66. The number of Topliss-reactive ketones (excluding diaryl/α,β-unsaturated/α-hetero) is 1. The zero-order valence-electron chi connectivity index (χ0n) is 16.0. The molecule has 152 valence electrons. The summed E-state index contributed by atoms with van der Waals surface area (Å²) in [7, 11) is 1.46. The number of methoxy groups -OCH3 is 1. The summed E-state index contributed by atoms with van der Waals surface area (Å²) in [6, 6.07) is 8.42. The first-order valence-corrected chi connectivity index (χ1v) is 8.93. The van der Waals surface area contributed by atoms with Crippen LogP contribution in [0.15, 0.2) is 42.0 Å². The topological polar surface area (TPSA) is 108 Å². The summed E-state index contributed by atoms with van der Waals surface area (Å²) >= 11 is 6.21. The molecule has 0 radical (unpaired) electrons. The van der Waals surface area contributed by atoms with Crippen LogP contribution in [0.5, 0.6) is 11.5 Å². The number of hydrogen-bond donors (Lipinski definition) is 1. The molecule has 0 spiro atoms. The van der Waals surface area contributed by atoms with Gasteiger partial charge in [-0.3, -0.25) is 19.7 Å². The third kappa shape index (κ3) is 5.55. The Bertz CT molecular complexity index is 970. The first-order chi connectivity index (χ1) is 13.8. The molecule has 0 fully saturated rings. The molecule has 0 heterocycles. The van der Waals surface area contributed by atoms with Crippen molar-refractivity contribution in [2.24, 2.45) is 0 Å². The van der Waals surface area contributed by atoms with Gasteiger partial charge in [0.2, 0.25) is 0 Å². The van der Waals surface area contributed by atoms with E-state index in [-0.39, 0.29) is 16.3 Å². The number of nitrogens with zero attached hydrogens (tertiary/aromatic N) is 1. The molecule has 0 saturated heterocycles. The summed E-state index contributed by atoms with van der Waals surface area (Å²) in [6.45, 7) is 3.43. The fraction of sp³-hybridized carbons (Fsp3) is 0.200. The van der Waals surface area contributed by atoms with Gasteiger partial charge in [-0.05, 0) is 49.8 Å². The van der Waals surface area contributed by atoms with Crippen molar-refractivity contribution in [2.45, 2.75) is 13.8 Å². The molecule has 1 N–H and O–H groups in total. The standard InChI is InChI=1S/C20H19ClN2O6/c1-4-29-18-11-13(10-17(21)19(18)28-3)9-16(12(2)24)20(25)22-14-5-7-15(8-6-14)23(26)27/h5-11H,4H2,1-3H3,(H,22,25)/b16-9+. The van der Waals surface area contributed by atoms with Gasteiger partial charge in [-0.25, -0.2) is 0 Å². The van der Waals surface area contributed by atoms with E-state index < -0.39 is 16.6 Å². The minimum Gasteiger partial charge on any atom is -0.491 e. The van der Waals surface area contributed by atoms with E-state index in [9.17, 15) is 19.7 Å². The molecule has 2 rings (SSSR count). The van der Waals surface area contributed by atoms with Crippen LogP contribution in [0.3, 0.4) is 0 Å². The van der Waals surface area contributed by atoms with Crippen LogP contribution in [0.1, 0.15) is 19.4 Å². The fourth-order valence-corrected chi connectivity index (χ4v) is 2.79. The molecule has 0 aliphatic heterocycles. The first kappa shape index (κ1) is 21.9. The fourth-order valence-electron chi connectivity index (χ4n) is 2.49. The van der Waals surface area contributed by atoms with E-state index in [1.165, 1.54) is 44.4 Å². The molecule has 0 saturated carbocycles. The minimum absolute atomic E-state index is 0.110. The maximum Gasteiger partial charge on any atom is 0.269 e. The lowest BCUT2D eigenvalue weighted by Gasteiger charge is -2.12. The van der Waals surface area contributed by atoms with Crippen molar-refractivity contribution in [3.63, 3.8) is 0 Å². The quantitative estimate of drug-likeness (QED) is 0.225. The zero-order chi connectivity index (χ0) is 21.6. The number of nitro benzene ring substituents is 1. The largest absolute Gasteiger partial charge is 0.491 e. The van der Waals surface area contributed by atoms with Crippen molar-refractivity contribution in [1.29, 1.82) is 0 Å². The highest BCUT2D eigenvalue weighted by Gasteiger charge is 2.17. The molecule has 2 aromatic rings. The molecular weight excluding hydrogens is 400 g/mol. The third-order valence-electron chi connectivity index (χ3n) is 3.81. The van der Waals surface area contributed by atoms with E-state index in [4.69, 9.17) is 21.1 Å². The lowest BCUT2D eigenvalue weighted by molar-refractivity contribution is -0.384. The number of halogens is 1. The number of hydrogen-bond acceptors (Lipinski definition) is 6. The Hall–Kier alpha value is -3.39. The van der Waals surface area contributed by atoms with Crippen LogP contribution in [0.4, 0.5) is 11.4 Å². The SMILES string of the molecule is CCOc1cc(/C=C(\C(C)=O)C(=O)Nc2ccc([N+](=O)[O-])cc2)cc(Cl)c1OC. The van der Waals surface area contributed by atoms with Gasteiger partial charge in [0.25, 0.3) is 11.6 Å². The summed E-state index contributed by atoms with van der Waals surface area (Å²) in [4.78, 5) is 34.8. The molecule has 0 aliphatic carbocycles. The van der Waals surface area contributed by atoms with Gasteiger partial charge in [0.05, 0.1) is 29.2 Å². The monoisotopic (exact) mass is 418 g/mol. The van der Waals surface area contributed by atoms with Gasteiger partial charge in [-0.15, -0.1) is 0 Å². The lowest BCUT2D eigenvalue weighted by Crippen LogP contribution is -2.18. The number of ketones is 1. The number of benzene rings is 2. The van der Waals surface area contributed by atoms with Crippen LogP contribution in [0.25, 0.3) is 6.08 Å². The average molecular weight is 419 g/mol. The van der Waals surface area contributed by atoms with Crippen molar-refractivity contribution in [2.75, 3.05) is 19.0 Å². The van der Waals surface area contributed by atoms with Gasteiger partial charge in [-0.1, -0.05) is 11.6 Å². The highest BCUT2D eigenvalue weighted by molar-refractivity contribution is 6.32. The Labute approximate surface area is 172 Å². The number of carbonyl (C=O) groups is 2. The lowest BCUT2D eigenvalue weighted by atomic mass is 10.1. The van der Waals surface area contributed by atoms with Crippen molar-refractivity contribution in [3.05, 3.63) is 62.7 Å². The molecule has 1 amide bonds. The van der Waals surface area contributed by atoms with Crippen LogP contribution < -0.4 is 14.8 Å². The predicted molar refractivity (Wildman–Crippen MR) is 110 cm³/mol. The highest BCUT2D eigenvalue weighted by atomic mass is 35.5. The number of non-ortho nitro benzene ring substituents is 1. The number of rotatable bonds is 8. The van der Waals surface area contributed by atoms with E-state index >= 15 is 0 Å². The summed E-state index contributed by atoms with van der Waals surface area (Å²) in [6.07, 6.45) is 1.39. The van der Waals surface area contributed by atoms with Crippen LogP contribution in [-0.2, 0) is 9.59 Å². The van der Waals surface area contributed by atoms with Gasteiger partial charge in [0.1, 0.15) is 0 Å². The van der Waals surface area contributed by atoms with E-state index in [2.05, 4.69) is 5.32 Å². The van der Waals surface area contributed by atoms with E-state index in [1.807, 2.05) is 0 Å². The summed E-state index contributed by atoms with van der Waals surface area (Å²) < 4.78 is 10.7. The smallest absolute Gasteiger partial charge is 0.269 e. The van der Waals surface area contributed by atoms with Crippen molar-refractivity contribution >= 4 is 40.7 Å². The van der Waals surface area contributed by atoms with Gasteiger partial charge in [0, 0.05) is 17.8 Å². The predicted octanol–water partition coefficient (Wildman–Crippen LogP) is 4.27. The number of amides is 1. The Morgan fingerprint density at radius 3 is 2.41 bits per heavy atom. The molecular formula is C20H19ClN2O6. The van der Waals surface area contributed by atoms with Crippen molar-refractivity contribution in [3.8, 4) is 11.5 Å². The first-order valence-electron chi connectivity index (χ1n) is 8.55. The van der Waals surface area contributed by atoms with Gasteiger partial charge < -0.3 is 14.8 Å². The number of anilines is 1. The van der Waals surface area contributed by atoms with Crippen LogP contribution in [0.2, 0.25) is 5.02 Å². The number of ether oxygens (including phenoxy) is 2. The Balaban J connectivity index is 2.35.